The molecule has 0 bridgehead atoms. The zero-order valence-corrected chi connectivity index (χ0v) is 11.3. The molecule has 0 radical (unpaired) electrons. The molecule has 1 aromatic heterocycles. The molecular formula is C14H26N2O. The van der Waals surface area contributed by atoms with Crippen LogP contribution < -0.4 is 11.1 Å². The number of nitrogens with two attached hydrogens (primary N) is 1. The van der Waals surface area contributed by atoms with Crippen LogP contribution in [0.5, 0.6) is 0 Å². The van der Waals surface area contributed by atoms with Crippen LogP contribution in [0, 0.1) is 11.8 Å². The summed E-state index contributed by atoms with van der Waals surface area (Å²) >= 11 is 0. The van der Waals surface area contributed by atoms with Gasteiger partial charge in [0, 0.05) is 12.5 Å². The van der Waals surface area contributed by atoms with E-state index >= 15 is 0 Å². The van der Waals surface area contributed by atoms with Crippen molar-refractivity contribution < 1.29 is 4.42 Å². The monoisotopic (exact) mass is 238 g/mol. The first kappa shape index (κ1) is 14.3. The van der Waals surface area contributed by atoms with Gasteiger partial charge in [-0.1, -0.05) is 13.8 Å². The van der Waals surface area contributed by atoms with Crippen LogP contribution in [-0.2, 0) is 6.42 Å². The molecule has 3 N–H and O–H groups in total. The highest BCUT2D eigenvalue weighted by Gasteiger charge is 2.11. The molecule has 1 heterocycles. The van der Waals surface area contributed by atoms with Crippen molar-refractivity contribution in [2.75, 3.05) is 13.1 Å². The molecule has 1 rings (SSSR count). The van der Waals surface area contributed by atoms with Gasteiger partial charge in [0.2, 0.25) is 0 Å². The highest BCUT2D eigenvalue weighted by atomic mass is 16.3. The topological polar surface area (TPSA) is 51.2 Å². The van der Waals surface area contributed by atoms with Crippen molar-refractivity contribution in [3.05, 3.63) is 24.2 Å². The predicted octanol–water partition coefficient (Wildman–Crippen LogP) is 2.42. The first-order valence-corrected chi connectivity index (χ1v) is 6.57. The number of rotatable bonds is 8. The van der Waals surface area contributed by atoms with Gasteiger partial charge >= 0.3 is 0 Å². The average molecular weight is 238 g/mol. The van der Waals surface area contributed by atoms with E-state index in [1.165, 1.54) is 6.42 Å². The SMILES string of the molecule is CC(C)CC(CN)CNC(C)Cc1ccco1. The van der Waals surface area contributed by atoms with E-state index < -0.39 is 0 Å². The molecule has 2 unspecified atom stereocenters. The molecule has 0 aliphatic rings. The maximum absolute atomic E-state index is 5.78. The van der Waals surface area contributed by atoms with Crippen LogP contribution >= 0.6 is 0 Å². The molecule has 0 spiro atoms. The van der Waals surface area contributed by atoms with Crippen LogP contribution in [0.15, 0.2) is 22.8 Å². The van der Waals surface area contributed by atoms with Gasteiger partial charge in [0.1, 0.15) is 5.76 Å². The number of nitrogens with one attached hydrogen (secondary N) is 1. The van der Waals surface area contributed by atoms with Gasteiger partial charge in [0.15, 0.2) is 0 Å². The quantitative estimate of drug-likeness (QED) is 0.731. The molecule has 0 saturated heterocycles. The summed E-state index contributed by atoms with van der Waals surface area (Å²) in [5.41, 5.74) is 5.78. The lowest BCUT2D eigenvalue weighted by Gasteiger charge is -2.20. The second-order valence-electron chi connectivity index (χ2n) is 5.32. The van der Waals surface area contributed by atoms with Crippen LogP contribution in [0.3, 0.4) is 0 Å². The molecule has 1 aromatic rings. The molecule has 3 heteroatoms. The lowest BCUT2D eigenvalue weighted by molar-refractivity contribution is 0.368. The van der Waals surface area contributed by atoms with Crippen molar-refractivity contribution in [1.82, 2.24) is 5.32 Å². The van der Waals surface area contributed by atoms with Gasteiger partial charge in [-0.15, -0.1) is 0 Å². The average Bonchev–Trinajstić information content (AvgIpc) is 2.76. The van der Waals surface area contributed by atoms with Crippen LogP contribution in [-0.4, -0.2) is 19.1 Å². The summed E-state index contributed by atoms with van der Waals surface area (Å²) in [6.45, 7) is 8.44. The van der Waals surface area contributed by atoms with Crippen molar-refractivity contribution in [3.63, 3.8) is 0 Å². The van der Waals surface area contributed by atoms with Crippen LogP contribution in [0.4, 0.5) is 0 Å². The summed E-state index contributed by atoms with van der Waals surface area (Å²) in [7, 11) is 0. The second kappa shape index (κ2) is 7.51. The van der Waals surface area contributed by atoms with Gasteiger partial charge < -0.3 is 15.5 Å². The zero-order valence-electron chi connectivity index (χ0n) is 11.3. The highest BCUT2D eigenvalue weighted by molar-refractivity contribution is 4.99. The van der Waals surface area contributed by atoms with Gasteiger partial charge in [0.05, 0.1) is 6.26 Å². The molecule has 0 saturated carbocycles. The third-order valence-corrected chi connectivity index (χ3v) is 2.98. The maximum Gasteiger partial charge on any atom is 0.105 e. The van der Waals surface area contributed by atoms with Crippen LogP contribution in [0.1, 0.15) is 33.0 Å². The molecule has 0 fully saturated rings. The normalized spacial score (nSPS) is 15.1. The van der Waals surface area contributed by atoms with Gasteiger partial charge in [0.25, 0.3) is 0 Å². The summed E-state index contributed by atoms with van der Waals surface area (Å²) in [5, 5.41) is 3.54. The third-order valence-electron chi connectivity index (χ3n) is 2.98. The van der Waals surface area contributed by atoms with Gasteiger partial charge in [-0.3, -0.25) is 0 Å². The zero-order chi connectivity index (χ0) is 12.7. The molecule has 98 valence electrons. The summed E-state index contributed by atoms with van der Waals surface area (Å²) in [6.07, 6.45) is 3.85. The minimum absolute atomic E-state index is 0.433. The Morgan fingerprint density at radius 2 is 2.12 bits per heavy atom. The van der Waals surface area contributed by atoms with E-state index in [9.17, 15) is 0 Å². The standard InChI is InChI=1S/C14H26N2O/c1-11(2)7-13(9-15)10-16-12(3)8-14-5-4-6-17-14/h4-6,11-13,16H,7-10,15H2,1-3H3. The van der Waals surface area contributed by atoms with Gasteiger partial charge in [-0.2, -0.15) is 0 Å². The number of hydrogen-bond acceptors (Lipinski definition) is 3. The minimum Gasteiger partial charge on any atom is -0.469 e. The van der Waals surface area contributed by atoms with Crippen molar-refractivity contribution in [2.45, 2.75) is 39.7 Å². The Hall–Kier alpha value is -0.800. The molecule has 0 aliphatic heterocycles. The first-order valence-electron chi connectivity index (χ1n) is 6.57. The van der Waals surface area contributed by atoms with E-state index in [1.807, 2.05) is 12.1 Å². The Morgan fingerprint density at radius 3 is 2.65 bits per heavy atom. The molecule has 0 aliphatic carbocycles. The van der Waals surface area contributed by atoms with E-state index in [4.69, 9.17) is 10.2 Å². The molecule has 0 amide bonds. The fourth-order valence-corrected chi connectivity index (χ4v) is 2.10. The predicted molar refractivity (Wildman–Crippen MR) is 71.9 cm³/mol. The van der Waals surface area contributed by atoms with Crippen LogP contribution in [0.25, 0.3) is 0 Å². The van der Waals surface area contributed by atoms with E-state index in [0.29, 0.717) is 17.9 Å². The summed E-state index contributed by atoms with van der Waals surface area (Å²) in [6, 6.07) is 4.39. The Labute approximate surface area is 105 Å². The summed E-state index contributed by atoms with van der Waals surface area (Å²) in [4.78, 5) is 0. The van der Waals surface area contributed by atoms with Crippen molar-refractivity contribution in [1.29, 1.82) is 0 Å². The van der Waals surface area contributed by atoms with E-state index in [2.05, 4.69) is 26.1 Å². The highest BCUT2D eigenvalue weighted by Crippen LogP contribution is 2.10. The summed E-state index contributed by atoms with van der Waals surface area (Å²) in [5.74, 6) is 2.33. The maximum atomic E-state index is 5.78. The minimum atomic E-state index is 0.433. The van der Waals surface area contributed by atoms with Gasteiger partial charge in [-0.25, -0.2) is 0 Å². The smallest absolute Gasteiger partial charge is 0.105 e. The van der Waals surface area contributed by atoms with Crippen molar-refractivity contribution in [3.8, 4) is 0 Å². The lowest BCUT2D eigenvalue weighted by atomic mass is 9.97. The van der Waals surface area contributed by atoms with Gasteiger partial charge in [-0.05, 0) is 50.4 Å². The fraction of sp³-hybridized carbons (Fsp3) is 0.714. The van der Waals surface area contributed by atoms with Crippen molar-refractivity contribution in [2.24, 2.45) is 17.6 Å². The summed E-state index contributed by atoms with van der Waals surface area (Å²) < 4.78 is 5.34. The molecule has 3 nitrogen and oxygen atoms in total. The second-order valence-corrected chi connectivity index (χ2v) is 5.32. The molecule has 0 aromatic carbocycles. The lowest BCUT2D eigenvalue weighted by Crippen LogP contribution is -2.35. The fourth-order valence-electron chi connectivity index (χ4n) is 2.10. The number of hydrogen-bond donors (Lipinski definition) is 2. The van der Waals surface area contributed by atoms with Crippen molar-refractivity contribution >= 4 is 0 Å². The largest absolute Gasteiger partial charge is 0.469 e. The van der Waals surface area contributed by atoms with E-state index in [0.717, 1.165) is 25.3 Å². The number of furan rings is 1. The Balaban J connectivity index is 2.24. The third kappa shape index (κ3) is 5.89. The van der Waals surface area contributed by atoms with E-state index in [1.54, 1.807) is 6.26 Å². The molecule has 17 heavy (non-hydrogen) atoms. The van der Waals surface area contributed by atoms with E-state index in [-0.39, 0.29) is 0 Å². The Kier molecular flexibility index (Phi) is 6.30. The Bertz CT molecular complexity index is 282. The van der Waals surface area contributed by atoms with Crippen LogP contribution in [0.2, 0.25) is 0 Å². The molecular weight excluding hydrogens is 212 g/mol. The Morgan fingerprint density at radius 1 is 1.35 bits per heavy atom. The first-order chi connectivity index (χ1) is 8.11. The molecule has 2 atom stereocenters.